The van der Waals surface area contributed by atoms with Crippen molar-refractivity contribution in [3.63, 3.8) is 0 Å². The van der Waals surface area contributed by atoms with Crippen LogP contribution in [0.15, 0.2) is 54.7 Å². The first-order chi connectivity index (χ1) is 13.6. The van der Waals surface area contributed by atoms with Crippen molar-refractivity contribution >= 4 is 28.4 Å². The van der Waals surface area contributed by atoms with E-state index in [1.54, 1.807) is 6.20 Å². The first-order valence-electron chi connectivity index (χ1n) is 9.28. The predicted octanol–water partition coefficient (Wildman–Crippen LogP) is 4.42. The molecule has 0 aliphatic carbocycles. The van der Waals surface area contributed by atoms with E-state index in [9.17, 15) is 4.79 Å². The Balaban J connectivity index is 1.49. The number of carbonyl (C=O) groups is 1. The fourth-order valence-electron chi connectivity index (χ4n) is 4.13. The quantitative estimate of drug-likeness (QED) is 0.550. The van der Waals surface area contributed by atoms with Crippen LogP contribution in [0.5, 0.6) is 0 Å². The molecule has 2 aromatic heterocycles. The SMILES string of the molecule is Cn1nc2c(c1-c1ccccc1)CCN(C(=O)c1c[nH]c3cccc(Cl)c13)C2. The number of benzene rings is 2. The number of nitrogens with zero attached hydrogens (tertiary/aromatic N) is 3. The maximum absolute atomic E-state index is 13.2. The summed E-state index contributed by atoms with van der Waals surface area (Å²) in [5.41, 5.74) is 5.97. The largest absolute Gasteiger partial charge is 0.360 e. The number of H-pyrrole nitrogens is 1. The molecule has 1 amide bonds. The van der Waals surface area contributed by atoms with E-state index in [2.05, 4.69) is 17.1 Å². The van der Waals surface area contributed by atoms with Crippen LogP contribution in [-0.2, 0) is 20.0 Å². The predicted molar refractivity (Wildman–Crippen MR) is 110 cm³/mol. The molecule has 6 heteroatoms. The van der Waals surface area contributed by atoms with Crippen LogP contribution in [0.1, 0.15) is 21.6 Å². The zero-order valence-corrected chi connectivity index (χ0v) is 16.2. The second-order valence-electron chi connectivity index (χ2n) is 7.10. The summed E-state index contributed by atoms with van der Waals surface area (Å²) in [4.78, 5) is 18.2. The average Bonchev–Trinajstić information content (AvgIpc) is 3.28. The van der Waals surface area contributed by atoms with E-state index in [1.165, 1.54) is 5.56 Å². The van der Waals surface area contributed by atoms with Crippen LogP contribution in [0, 0.1) is 0 Å². The molecule has 140 valence electrons. The fourth-order valence-corrected chi connectivity index (χ4v) is 4.41. The van der Waals surface area contributed by atoms with Crippen LogP contribution in [0.3, 0.4) is 0 Å². The number of halogens is 1. The number of hydrogen-bond donors (Lipinski definition) is 1. The van der Waals surface area contributed by atoms with Crippen LogP contribution >= 0.6 is 11.6 Å². The Labute approximate surface area is 167 Å². The monoisotopic (exact) mass is 390 g/mol. The molecule has 3 heterocycles. The molecule has 1 N–H and O–H groups in total. The van der Waals surface area contributed by atoms with Crippen molar-refractivity contribution in [2.45, 2.75) is 13.0 Å². The van der Waals surface area contributed by atoms with Crippen LogP contribution in [0.4, 0.5) is 0 Å². The summed E-state index contributed by atoms with van der Waals surface area (Å²) in [6, 6.07) is 15.9. The third-order valence-electron chi connectivity index (χ3n) is 5.42. The molecule has 0 radical (unpaired) electrons. The summed E-state index contributed by atoms with van der Waals surface area (Å²) < 4.78 is 1.93. The van der Waals surface area contributed by atoms with Crippen LogP contribution < -0.4 is 0 Å². The lowest BCUT2D eigenvalue weighted by Crippen LogP contribution is -2.35. The van der Waals surface area contributed by atoms with Gasteiger partial charge in [-0.3, -0.25) is 9.48 Å². The lowest BCUT2D eigenvalue weighted by atomic mass is 9.99. The first-order valence-corrected chi connectivity index (χ1v) is 9.66. The summed E-state index contributed by atoms with van der Waals surface area (Å²) in [7, 11) is 1.96. The Morgan fingerprint density at radius 1 is 1.14 bits per heavy atom. The fraction of sp³-hybridized carbons (Fsp3) is 0.182. The highest BCUT2D eigenvalue weighted by Gasteiger charge is 2.28. The molecule has 0 saturated heterocycles. The molecule has 28 heavy (non-hydrogen) atoms. The lowest BCUT2D eigenvalue weighted by molar-refractivity contribution is 0.0734. The van der Waals surface area contributed by atoms with E-state index < -0.39 is 0 Å². The zero-order valence-electron chi connectivity index (χ0n) is 15.4. The van der Waals surface area contributed by atoms with Gasteiger partial charge in [-0.1, -0.05) is 48.0 Å². The highest BCUT2D eigenvalue weighted by molar-refractivity contribution is 6.36. The summed E-state index contributed by atoms with van der Waals surface area (Å²) in [5, 5.41) is 6.08. The van der Waals surface area contributed by atoms with Gasteiger partial charge in [0.15, 0.2) is 0 Å². The van der Waals surface area contributed by atoms with Gasteiger partial charge >= 0.3 is 0 Å². The Kier molecular flexibility index (Phi) is 3.98. The number of rotatable bonds is 2. The second kappa shape index (κ2) is 6.53. The van der Waals surface area contributed by atoms with Gasteiger partial charge in [0, 0.05) is 41.8 Å². The number of aryl methyl sites for hydroxylation is 1. The van der Waals surface area contributed by atoms with Crippen LogP contribution in [0.2, 0.25) is 5.02 Å². The van der Waals surface area contributed by atoms with Gasteiger partial charge in [-0.05, 0) is 18.6 Å². The first kappa shape index (κ1) is 17.1. The van der Waals surface area contributed by atoms with E-state index in [0.717, 1.165) is 34.3 Å². The number of hydrogen-bond acceptors (Lipinski definition) is 2. The van der Waals surface area contributed by atoms with Gasteiger partial charge in [0.1, 0.15) is 0 Å². The zero-order chi connectivity index (χ0) is 19.3. The molecular weight excluding hydrogens is 372 g/mol. The number of amides is 1. The highest BCUT2D eigenvalue weighted by Crippen LogP contribution is 2.32. The van der Waals surface area contributed by atoms with Crippen LogP contribution in [0.25, 0.3) is 22.2 Å². The normalized spacial score (nSPS) is 13.7. The summed E-state index contributed by atoms with van der Waals surface area (Å²) in [5.74, 6) is -0.0167. The molecule has 5 nitrogen and oxygen atoms in total. The number of nitrogens with one attached hydrogen (secondary N) is 1. The van der Waals surface area contributed by atoms with Gasteiger partial charge in [0.2, 0.25) is 0 Å². The molecule has 0 saturated carbocycles. The van der Waals surface area contributed by atoms with Crippen molar-refractivity contribution in [3.8, 4) is 11.3 Å². The molecule has 1 aliphatic rings. The third kappa shape index (κ3) is 2.62. The molecule has 5 rings (SSSR count). The van der Waals surface area contributed by atoms with E-state index in [0.29, 0.717) is 23.7 Å². The van der Waals surface area contributed by atoms with Gasteiger partial charge in [-0.2, -0.15) is 5.10 Å². The Hall–Kier alpha value is -3.05. The molecule has 0 fully saturated rings. The Bertz CT molecular complexity index is 1190. The number of fused-ring (bicyclic) bond motifs is 2. The van der Waals surface area contributed by atoms with E-state index in [-0.39, 0.29) is 5.91 Å². The topological polar surface area (TPSA) is 53.9 Å². The second-order valence-corrected chi connectivity index (χ2v) is 7.51. The molecule has 0 unspecified atom stereocenters. The summed E-state index contributed by atoms with van der Waals surface area (Å²) in [6.07, 6.45) is 2.54. The smallest absolute Gasteiger partial charge is 0.256 e. The Morgan fingerprint density at radius 2 is 1.96 bits per heavy atom. The minimum Gasteiger partial charge on any atom is -0.360 e. The molecule has 0 bridgehead atoms. The molecular formula is C22H19ClN4O. The molecule has 0 atom stereocenters. The van der Waals surface area contributed by atoms with E-state index in [4.69, 9.17) is 16.7 Å². The lowest BCUT2D eigenvalue weighted by Gasteiger charge is -2.26. The van der Waals surface area contributed by atoms with Crippen molar-refractivity contribution in [1.29, 1.82) is 0 Å². The van der Waals surface area contributed by atoms with Gasteiger partial charge in [-0.25, -0.2) is 0 Å². The average molecular weight is 391 g/mol. The van der Waals surface area contributed by atoms with Crippen LogP contribution in [-0.4, -0.2) is 32.1 Å². The van der Waals surface area contributed by atoms with Gasteiger partial charge in [0.05, 0.1) is 28.5 Å². The molecule has 0 spiro atoms. The maximum Gasteiger partial charge on any atom is 0.256 e. The highest BCUT2D eigenvalue weighted by atomic mass is 35.5. The summed E-state index contributed by atoms with van der Waals surface area (Å²) in [6.45, 7) is 1.17. The number of aromatic nitrogens is 3. The maximum atomic E-state index is 13.2. The van der Waals surface area contributed by atoms with Gasteiger partial charge < -0.3 is 9.88 Å². The number of carbonyl (C=O) groups excluding carboxylic acids is 1. The number of aromatic amines is 1. The molecule has 2 aromatic carbocycles. The standard InChI is InChI=1S/C22H19ClN4O/c1-26-21(14-6-3-2-4-7-14)15-10-11-27(13-19(15)25-26)22(28)16-12-24-18-9-5-8-17(23)20(16)18/h2-9,12,24H,10-11,13H2,1H3. The molecule has 1 aliphatic heterocycles. The summed E-state index contributed by atoms with van der Waals surface area (Å²) >= 11 is 6.35. The minimum absolute atomic E-state index is 0.0167. The van der Waals surface area contributed by atoms with Crippen molar-refractivity contribution in [1.82, 2.24) is 19.7 Å². The third-order valence-corrected chi connectivity index (χ3v) is 5.74. The van der Waals surface area contributed by atoms with Gasteiger partial charge in [0.25, 0.3) is 5.91 Å². The van der Waals surface area contributed by atoms with Crippen molar-refractivity contribution in [3.05, 3.63) is 76.6 Å². The van der Waals surface area contributed by atoms with Crippen molar-refractivity contribution in [2.75, 3.05) is 6.54 Å². The van der Waals surface area contributed by atoms with Gasteiger partial charge in [-0.15, -0.1) is 0 Å². The molecule has 4 aromatic rings. The minimum atomic E-state index is -0.0167. The van der Waals surface area contributed by atoms with E-state index in [1.807, 2.05) is 53.0 Å². The van der Waals surface area contributed by atoms with Crippen molar-refractivity contribution in [2.24, 2.45) is 7.05 Å². The van der Waals surface area contributed by atoms with E-state index >= 15 is 0 Å². The van der Waals surface area contributed by atoms with Crippen molar-refractivity contribution < 1.29 is 4.79 Å². The Morgan fingerprint density at radius 3 is 2.79 bits per heavy atom.